The minimum atomic E-state index is -2.34. The number of aromatic nitrogens is 1. The van der Waals surface area contributed by atoms with E-state index in [2.05, 4.69) is 4.98 Å². The zero-order chi connectivity index (χ0) is 17.9. The predicted octanol–water partition coefficient (Wildman–Crippen LogP) is 3.70. The first-order valence-corrected chi connectivity index (χ1v) is 10.4. The Morgan fingerprint density at radius 2 is 1.96 bits per heavy atom. The van der Waals surface area contributed by atoms with E-state index < -0.39 is 25.0 Å². The van der Waals surface area contributed by atoms with Gasteiger partial charge in [0.05, 0.1) is 29.5 Å². The van der Waals surface area contributed by atoms with E-state index in [1.54, 1.807) is 13.8 Å². The molecule has 0 saturated heterocycles. The number of pyridine rings is 1. The summed E-state index contributed by atoms with van der Waals surface area (Å²) in [7, 11) is -2.34. The van der Waals surface area contributed by atoms with E-state index in [1.165, 1.54) is 18.7 Å². The van der Waals surface area contributed by atoms with Crippen molar-refractivity contribution in [2.45, 2.75) is 37.1 Å². The largest absolute Gasteiger partial charge is 0.479 e. The molecule has 24 heavy (non-hydrogen) atoms. The van der Waals surface area contributed by atoms with Crippen LogP contribution in [0.4, 0.5) is 0 Å². The molecule has 0 amide bonds. The molecule has 0 aliphatic heterocycles. The van der Waals surface area contributed by atoms with E-state index in [-0.39, 0.29) is 11.4 Å². The van der Waals surface area contributed by atoms with Crippen molar-refractivity contribution in [3.8, 4) is 0 Å². The van der Waals surface area contributed by atoms with E-state index in [1.807, 2.05) is 36.4 Å². The van der Waals surface area contributed by atoms with Crippen LogP contribution in [0, 0.1) is 5.92 Å². The average molecular weight is 367 g/mol. The second kappa shape index (κ2) is 7.68. The Morgan fingerprint density at radius 3 is 2.58 bits per heavy atom. The Kier molecular flexibility index (Phi) is 6.07. The predicted molar refractivity (Wildman–Crippen MR) is 98.4 cm³/mol. The molecule has 2 aromatic rings. The normalized spacial score (nSPS) is 16.7. The van der Waals surface area contributed by atoms with Gasteiger partial charge in [0.15, 0.2) is 5.60 Å². The van der Waals surface area contributed by atoms with Crippen molar-refractivity contribution < 1.29 is 19.6 Å². The first kappa shape index (κ1) is 19.0. The fraction of sp³-hybridized carbons (Fsp3) is 0.412. The Bertz CT molecular complexity index is 763. The lowest BCUT2D eigenvalue weighted by molar-refractivity contribution is -0.157. The standard InChI is InChI=1S/C17H22NO4PS/c1-11(2)15(17(3,21)16(19)20)23(22)10-24-14-9-8-12-6-4-5-7-13(12)18-14/h4-9,11,15,21,23H,10H2,1-3H3,(H,19,20). The second-order valence-corrected chi connectivity index (χ2v) is 9.69. The van der Waals surface area contributed by atoms with Crippen LogP contribution in [0.3, 0.4) is 0 Å². The maximum atomic E-state index is 12.7. The third-order valence-electron chi connectivity index (χ3n) is 3.99. The number of aliphatic hydroxyl groups is 1. The highest BCUT2D eigenvalue weighted by molar-refractivity contribution is 8.03. The van der Waals surface area contributed by atoms with Gasteiger partial charge in [-0.05, 0) is 25.0 Å². The number of para-hydroxylation sites is 1. The Hall–Kier alpha value is -1.36. The molecule has 3 unspecified atom stereocenters. The minimum absolute atomic E-state index is 0.201. The Balaban J connectivity index is 2.13. The topological polar surface area (TPSA) is 87.5 Å². The van der Waals surface area contributed by atoms with Crippen molar-refractivity contribution in [2.75, 3.05) is 5.49 Å². The van der Waals surface area contributed by atoms with Crippen molar-refractivity contribution in [2.24, 2.45) is 5.92 Å². The highest BCUT2D eigenvalue weighted by Gasteiger charge is 2.44. The molecule has 0 saturated carbocycles. The smallest absolute Gasteiger partial charge is 0.336 e. The van der Waals surface area contributed by atoms with Gasteiger partial charge in [-0.3, -0.25) is 0 Å². The van der Waals surface area contributed by atoms with Crippen molar-refractivity contribution in [3.63, 3.8) is 0 Å². The maximum Gasteiger partial charge on any atom is 0.336 e. The molecule has 0 radical (unpaired) electrons. The first-order valence-electron chi connectivity index (χ1n) is 7.70. The number of thioether (sulfide) groups is 1. The summed E-state index contributed by atoms with van der Waals surface area (Å²) in [6.07, 6.45) is 0. The number of carboxylic acid groups (broad SMARTS) is 1. The molecule has 130 valence electrons. The fourth-order valence-electron chi connectivity index (χ4n) is 2.83. The number of hydrogen-bond donors (Lipinski definition) is 2. The lowest BCUT2D eigenvalue weighted by atomic mass is 9.94. The van der Waals surface area contributed by atoms with Gasteiger partial charge in [-0.25, -0.2) is 9.78 Å². The van der Waals surface area contributed by atoms with Crippen molar-refractivity contribution in [1.82, 2.24) is 4.98 Å². The zero-order valence-corrected chi connectivity index (χ0v) is 15.7. The summed E-state index contributed by atoms with van der Waals surface area (Å²) < 4.78 is 12.7. The molecule has 1 aromatic heterocycles. The van der Waals surface area contributed by atoms with Gasteiger partial charge in [-0.15, -0.1) is 0 Å². The Morgan fingerprint density at radius 1 is 1.29 bits per heavy atom. The van der Waals surface area contributed by atoms with Gasteiger partial charge in [0.2, 0.25) is 0 Å². The van der Waals surface area contributed by atoms with Gasteiger partial charge in [0, 0.05) is 5.39 Å². The van der Waals surface area contributed by atoms with E-state index in [4.69, 9.17) is 0 Å². The van der Waals surface area contributed by atoms with Crippen LogP contribution < -0.4 is 0 Å². The molecule has 0 aliphatic rings. The number of carboxylic acids is 1. The monoisotopic (exact) mass is 367 g/mol. The molecule has 1 aromatic carbocycles. The number of carbonyl (C=O) groups is 1. The summed E-state index contributed by atoms with van der Waals surface area (Å²) in [5, 5.41) is 21.2. The summed E-state index contributed by atoms with van der Waals surface area (Å²) in [4.78, 5) is 15.8. The lowest BCUT2D eigenvalue weighted by Crippen LogP contribution is -2.47. The molecule has 3 atom stereocenters. The summed E-state index contributed by atoms with van der Waals surface area (Å²) in [6.45, 7) is 4.79. The lowest BCUT2D eigenvalue weighted by Gasteiger charge is -2.31. The van der Waals surface area contributed by atoms with E-state index in [9.17, 15) is 19.6 Å². The SMILES string of the molecule is CC(C)C([PH](=O)CSc1ccc2ccccc2n1)C(C)(O)C(=O)O. The number of rotatable bonds is 7. The molecular weight excluding hydrogens is 345 g/mol. The fourth-order valence-corrected chi connectivity index (χ4v) is 6.53. The molecular formula is C17H22NO4PS. The maximum absolute atomic E-state index is 12.7. The number of hydrogen-bond acceptors (Lipinski definition) is 5. The van der Waals surface area contributed by atoms with Crippen LogP contribution in [0.25, 0.3) is 10.9 Å². The summed E-state index contributed by atoms with van der Waals surface area (Å²) >= 11 is 1.33. The highest BCUT2D eigenvalue weighted by Crippen LogP contribution is 2.44. The summed E-state index contributed by atoms with van der Waals surface area (Å²) in [5.74, 6) is -1.54. The summed E-state index contributed by atoms with van der Waals surface area (Å²) in [6, 6.07) is 11.5. The van der Waals surface area contributed by atoms with Gasteiger partial charge in [0.25, 0.3) is 0 Å². The molecule has 7 heteroatoms. The van der Waals surface area contributed by atoms with Crippen LogP contribution >= 0.6 is 19.6 Å². The number of benzene rings is 1. The average Bonchev–Trinajstić information content (AvgIpc) is 2.52. The van der Waals surface area contributed by atoms with Crippen LogP contribution in [0.1, 0.15) is 20.8 Å². The van der Waals surface area contributed by atoms with Gasteiger partial charge in [-0.2, -0.15) is 0 Å². The quantitative estimate of drug-likeness (QED) is 0.573. The van der Waals surface area contributed by atoms with E-state index >= 15 is 0 Å². The van der Waals surface area contributed by atoms with Gasteiger partial charge in [0.1, 0.15) is 0 Å². The molecule has 1 heterocycles. The van der Waals surface area contributed by atoms with Crippen molar-refractivity contribution >= 4 is 36.4 Å². The van der Waals surface area contributed by atoms with Crippen LogP contribution in [0.5, 0.6) is 0 Å². The zero-order valence-electron chi connectivity index (χ0n) is 13.9. The van der Waals surface area contributed by atoms with Crippen LogP contribution in [0.2, 0.25) is 0 Å². The number of fused-ring (bicyclic) bond motifs is 1. The Labute approximate surface area is 146 Å². The molecule has 2 N–H and O–H groups in total. The summed E-state index contributed by atoms with van der Waals surface area (Å²) in [5.41, 5.74) is -1.67. The molecule has 0 spiro atoms. The minimum Gasteiger partial charge on any atom is -0.479 e. The molecule has 0 fully saturated rings. The van der Waals surface area contributed by atoms with Gasteiger partial charge < -0.3 is 14.8 Å². The third-order valence-corrected chi connectivity index (χ3v) is 8.15. The number of nitrogens with zero attached hydrogens (tertiary/aromatic N) is 1. The first-order chi connectivity index (χ1) is 11.2. The molecule has 5 nitrogen and oxygen atoms in total. The molecule has 0 bridgehead atoms. The van der Waals surface area contributed by atoms with Gasteiger partial charge in [-0.1, -0.05) is 49.9 Å². The van der Waals surface area contributed by atoms with Crippen LogP contribution in [-0.2, 0) is 9.36 Å². The van der Waals surface area contributed by atoms with Crippen molar-refractivity contribution in [3.05, 3.63) is 36.4 Å². The van der Waals surface area contributed by atoms with Gasteiger partial charge >= 0.3 is 5.97 Å². The molecule has 0 aliphatic carbocycles. The molecule has 2 rings (SSSR count). The van der Waals surface area contributed by atoms with E-state index in [0.29, 0.717) is 0 Å². The van der Waals surface area contributed by atoms with Crippen molar-refractivity contribution in [1.29, 1.82) is 0 Å². The van der Waals surface area contributed by atoms with Crippen LogP contribution in [-0.4, -0.2) is 37.9 Å². The third kappa shape index (κ3) is 4.18. The highest BCUT2D eigenvalue weighted by atomic mass is 32.2. The second-order valence-electron chi connectivity index (χ2n) is 6.27. The number of aliphatic carboxylic acids is 1. The van der Waals surface area contributed by atoms with E-state index in [0.717, 1.165) is 15.9 Å². The van der Waals surface area contributed by atoms with Crippen LogP contribution in [0.15, 0.2) is 41.4 Å².